The Labute approximate surface area is 60.7 Å². The molecule has 0 spiro atoms. The Balaban J connectivity index is 3.91. The summed E-state index contributed by atoms with van der Waals surface area (Å²) in [5.74, 6) is -0.844. The highest BCUT2D eigenvalue weighted by Crippen LogP contribution is 1.97. The minimum absolute atomic E-state index is 0.418. The van der Waals surface area contributed by atoms with E-state index in [1.807, 2.05) is 13.8 Å². The van der Waals surface area contributed by atoms with E-state index >= 15 is 0 Å². The molecule has 58 valence electrons. The lowest BCUT2D eigenvalue weighted by Gasteiger charge is -1.97. The molecular weight excluding hydrogens is 130 g/mol. The molecule has 0 saturated carbocycles. The molecule has 0 aliphatic heterocycles. The molecule has 0 saturated heterocycles. The highest BCUT2D eigenvalue weighted by Gasteiger charge is 2.01. The van der Waals surface area contributed by atoms with E-state index in [1.54, 1.807) is 6.20 Å². The van der Waals surface area contributed by atoms with Crippen molar-refractivity contribution in [3.8, 4) is 0 Å². The first-order chi connectivity index (χ1) is 4.72. The Morgan fingerprint density at radius 3 is 2.50 bits per heavy atom. The average Bonchev–Trinajstić information content (AvgIpc) is 1.89. The van der Waals surface area contributed by atoms with Crippen LogP contribution in [0.25, 0.3) is 0 Å². The van der Waals surface area contributed by atoms with Gasteiger partial charge in [-0.05, 0) is 13.3 Å². The Morgan fingerprint density at radius 2 is 2.20 bits per heavy atom. The minimum atomic E-state index is -0.844. The van der Waals surface area contributed by atoms with Gasteiger partial charge < -0.3 is 10.4 Å². The summed E-state index contributed by atoms with van der Waals surface area (Å²) < 4.78 is 0. The zero-order valence-electron chi connectivity index (χ0n) is 6.35. The van der Waals surface area contributed by atoms with Crippen LogP contribution in [0.1, 0.15) is 20.3 Å². The normalized spacial score (nSPS) is 11.2. The molecule has 0 fully saturated rings. The first kappa shape index (κ1) is 9.01. The van der Waals surface area contributed by atoms with Crippen molar-refractivity contribution in [1.82, 2.24) is 5.32 Å². The lowest BCUT2D eigenvalue weighted by Crippen LogP contribution is -2.08. The highest BCUT2D eigenvalue weighted by molar-refractivity contribution is 5.86. The van der Waals surface area contributed by atoms with Gasteiger partial charge in [0, 0.05) is 12.7 Å². The summed E-state index contributed by atoms with van der Waals surface area (Å²) in [6.07, 6.45) is 2.10. The van der Waals surface area contributed by atoms with Gasteiger partial charge in [0.2, 0.25) is 0 Å². The van der Waals surface area contributed by atoms with Crippen molar-refractivity contribution in [3.63, 3.8) is 0 Å². The second-order valence-electron chi connectivity index (χ2n) is 1.89. The van der Waals surface area contributed by atoms with Crippen molar-refractivity contribution in [2.75, 3.05) is 6.54 Å². The standard InChI is InChI=1S/C7H13NO2/c1-3-6(7(9)10)5-8-4-2/h5,8H,3-4H2,1-2H3,(H,9,10). The number of aliphatic carboxylic acids is 1. The topological polar surface area (TPSA) is 49.3 Å². The third-order valence-electron chi connectivity index (χ3n) is 1.14. The average molecular weight is 143 g/mol. The number of carboxylic acids is 1. The lowest BCUT2D eigenvalue weighted by atomic mass is 10.2. The Kier molecular flexibility index (Phi) is 4.37. The number of nitrogens with one attached hydrogen (secondary N) is 1. The van der Waals surface area contributed by atoms with E-state index in [9.17, 15) is 4.79 Å². The molecule has 3 heteroatoms. The van der Waals surface area contributed by atoms with Crippen LogP contribution in [0.3, 0.4) is 0 Å². The van der Waals surface area contributed by atoms with Crippen molar-refractivity contribution >= 4 is 5.97 Å². The molecule has 0 heterocycles. The van der Waals surface area contributed by atoms with Crippen LogP contribution in [0, 0.1) is 0 Å². The fourth-order valence-corrected chi connectivity index (χ4v) is 0.540. The van der Waals surface area contributed by atoms with E-state index in [-0.39, 0.29) is 0 Å². The molecule has 0 rings (SSSR count). The van der Waals surface area contributed by atoms with Crippen LogP contribution in [-0.4, -0.2) is 17.6 Å². The number of carboxylic acid groups (broad SMARTS) is 1. The summed E-state index contributed by atoms with van der Waals surface area (Å²) in [4.78, 5) is 10.3. The van der Waals surface area contributed by atoms with Gasteiger partial charge in [0.1, 0.15) is 0 Å². The zero-order valence-corrected chi connectivity index (χ0v) is 6.35. The maximum absolute atomic E-state index is 10.3. The van der Waals surface area contributed by atoms with Gasteiger partial charge in [-0.15, -0.1) is 0 Å². The molecule has 0 aliphatic rings. The summed E-state index contributed by atoms with van der Waals surface area (Å²) >= 11 is 0. The van der Waals surface area contributed by atoms with Crippen molar-refractivity contribution in [3.05, 3.63) is 11.8 Å². The number of carbonyl (C=O) groups is 1. The van der Waals surface area contributed by atoms with Gasteiger partial charge >= 0.3 is 5.97 Å². The molecule has 2 N–H and O–H groups in total. The third kappa shape index (κ3) is 3.12. The molecule has 0 unspecified atom stereocenters. The summed E-state index contributed by atoms with van der Waals surface area (Å²) in [6.45, 7) is 4.50. The van der Waals surface area contributed by atoms with E-state index < -0.39 is 5.97 Å². The van der Waals surface area contributed by atoms with Gasteiger partial charge in [-0.2, -0.15) is 0 Å². The molecule has 0 aromatic rings. The largest absolute Gasteiger partial charge is 0.478 e. The minimum Gasteiger partial charge on any atom is -0.478 e. The summed E-state index contributed by atoms with van der Waals surface area (Å²) in [5.41, 5.74) is 0.418. The van der Waals surface area contributed by atoms with E-state index in [2.05, 4.69) is 5.32 Å². The second-order valence-corrected chi connectivity index (χ2v) is 1.89. The second kappa shape index (κ2) is 4.85. The number of hydrogen-bond donors (Lipinski definition) is 2. The molecular formula is C7H13NO2. The predicted molar refractivity (Wildman–Crippen MR) is 39.7 cm³/mol. The molecule has 0 aromatic carbocycles. The molecule has 0 amide bonds. The lowest BCUT2D eigenvalue weighted by molar-refractivity contribution is -0.132. The molecule has 0 radical (unpaired) electrons. The molecule has 0 aliphatic carbocycles. The summed E-state index contributed by atoms with van der Waals surface area (Å²) in [7, 11) is 0. The van der Waals surface area contributed by atoms with Crippen LogP contribution in [-0.2, 0) is 4.79 Å². The zero-order chi connectivity index (χ0) is 7.98. The van der Waals surface area contributed by atoms with Crippen LogP contribution in [0.2, 0.25) is 0 Å². The Bertz CT molecular complexity index is 141. The molecule has 10 heavy (non-hydrogen) atoms. The predicted octanol–water partition coefficient (Wildman–Crippen LogP) is 0.974. The molecule has 0 atom stereocenters. The molecule has 0 bridgehead atoms. The quantitative estimate of drug-likeness (QED) is 0.576. The summed E-state index contributed by atoms with van der Waals surface area (Å²) in [5, 5.41) is 11.3. The van der Waals surface area contributed by atoms with Crippen molar-refractivity contribution in [2.45, 2.75) is 20.3 Å². The third-order valence-corrected chi connectivity index (χ3v) is 1.14. The maximum atomic E-state index is 10.3. The van der Waals surface area contributed by atoms with Crippen molar-refractivity contribution in [2.24, 2.45) is 0 Å². The smallest absolute Gasteiger partial charge is 0.333 e. The summed E-state index contributed by atoms with van der Waals surface area (Å²) in [6, 6.07) is 0. The van der Waals surface area contributed by atoms with Gasteiger partial charge in [-0.25, -0.2) is 4.79 Å². The van der Waals surface area contributed by atoms with Gasteiger partial charge in [0.15, 0.2) is 0 Å². The van der Waals surface area contributed by atoms with Gasteiger partial charge in [0.05, 0.1) is 5.57 Å². The Hall–Kier alpha value is -0.990. The van der Waals surface area contributed by atoms with Crippen LogP contribution in [0.15, 0.2) is 11.8 Å². The number of hydrogen-bond acceptors (Lipinski definition) is 2. The van der Waals surface area contributed by atoms with Gasteiger partial charge in [-0.1, -0.05) is 6.92 Å². The van der Waals surface area contributed by atoms with Crippen LogP contribution in [0.4, 0.5) is 0 Å². The van der Waals surface area contributed by atoms with Crippen molar-refractivity contribution in [1.29, 1.82) is 0 Å². The molecule has 0 aromatic heterocycles. The first-order valence-electron chi connectivity index (χ1n) is 3.38. The fourth-order valence-electron chi connectivity index (χ4n) is 0.540. The first-order valence-corrected chi connectivity index (χ1v) is 3.38. The van der Waals surface area contributed by atoms with Crippen LogP contribution in [0.5, 0.6) is 0 Å². The SMILES string of the molecule is CCNC=C(CC)C(=O)O. The van der Waals surface area contributed by atoms with E-state index in [0.717, 1.165) is 6.54 Å². The van der Waals surface area contributed by atoms with Gasteiger partial charge in [0.25, 0.3) is 0 Å². The van der Waals surface area contributed by atoms with E-state index in [0.29, 0.717) is 12.0 Å². The maximum Gasteiger partial charge on any atom is 0.333 e. The van der Waals surface area contributed by atoms with Crippen LogP contribution >= 0.6 is 0 Å². The van der Waals surface area contributed by atoms with Crippen LogP contribution < -0.4 is 5.32 Å². The Morgan fingerprint density at radius 1 is 1.60 bits per heavy atom. The molecule has 3 nitrogen and oxygen atoms in total. The highest BCUT2D eigenvalue weighted by atomic mass is 16.4. The van der Waals surface area contributed by atoms with Gasteiger partial charge in [-0.3, -0.25) is 0 Å². The fraction of sp³-hybridized carbons (Fsp3) is 0.571. The van der Waals surface area contributed by atoms with E-state index in [1.165, 1.54) is 0 Å². The van der Waals surface area contributed by atoms with E-state index in [4.69, 9.17) is 5.11 Å². The van der Waals surface area contributed by atoms with Crippen molar-refractivity contribution < 1.29 is 9.90 Å². The number of rotatable bonds is 4. The monoisotopic (exact) mass is 143 g/mol.